The van der Waals surface area contributed by atoms with E-state index in [-0.39, 0.29) is 0 Å². The van der Waals surface area contributed by atoms with Crippen LogP contribution in [0.1, 0.15) is 13.8 Å². The van der Waals surface area contributed by atoms with Crippen molar-refractivity contribution in [1.82, 2.24) is 19.3 Å². The summed E-state index contributed by atoms with van der Waals surface area (Å²) in [6.07, 6.45) is 7.78. The number of rotatable bonds is 8. The molecule has 4 nitrogen and oxygen atoms in total. The van der Waals surface area contributed by atoms with Crippen molar-refractivity contribution in [2.24, 2.45) is 0 Å². The van der Waals surface area contributed by atoms with Crippen molar-refractivity contribution in [2.75, 3.05) is 5.75 Å². The molecule has 0 aliphatic heterocycles. The molecule has 2 heterocycles. The van der Waals surface area contributed by atoms with Gasteiger partial charge in [-0.3, -0.25) is 4.68 Å². The minimum absolute atomic E-state index is 0.635. The molecule has 0 spiro atoms. The molecule has 3 rings (SSSR count). The van der Waals surface area contributed by atoms with Gasteiger partial charge in [-0.1, -0.05) is 50.3 Å². The molecule has 0 radical (unpaired) electrons. The van der Waals surface area contributed by atoms with Gasteiger partial charge in [0.2, 0.25) is 0 Å². The summed E-state index contributed by atoms with van der Waals surface area (Å²) in [5.41, 5.74) is 4.36. The first-order chi connectivity index (χ1) is 12.2. The Morgan fingerprint density at radius 2 is 2.00 bits per heavy atom. The predicted molar refractivity (Wildman–Crippen MR) is 107 cm³/mol. The highest BCUT2D eigenvalue weighted by atomic mass is 32.2. The van der Waals surface area contributed by atoms with E-state index in [2.05, 4.69) is 48.4 Å². The zero-order valence-electron chi connectivity index (χ0n) is 14.8. The lowest BCUT2D eigenvalue weighted by atomic mass is 10.1. The molecule has 0 N–H and O–H groups in total. The number of hydrogen-bond acceptors (Lipinski definition) is 3. The highest BCUT2D eigenvalue weighted by Gasteiger charge is 2.16. The fraction of sp³-hybridized carbons (Fsp3) is 0.300. The lowest BCUT2D eigenvalue weighted by Crippen LogP contribution is -2.03. The van der Waals surface area contributed by atoms with E-state index in [9.17, 15) is 0 Å². The molecular formula is C20H24N4S. The second-order valence-electron chi connectivity index (χ2n) is 6.16. The van der Waals surface area contributed by atoms with E-state index in [0.717, 1.165) is 34.8 Å². The largest absolute Gasteiger partial charge is 0.329 e. The maximum Gasteiger partial charge on any atom is 0.0964 e. The van der Waals surface area contributed by atoms with Crippen LogP contribution in [0.5, 0.6) is 0 Å². The minimum atomic E-state index is 0.635. The smallest absolute Gasteiger partial charge is 0.0964 e. The molecule has 0 saturated heterocycles. The first-order valence-corrected chi connectivity index (χ1v) is 9.59. The van der Waals surface area contributed by atoms with Crippen LogP contribution in [0.25, 0.3) is 22.5 Å². The summed E-state index contributed by atoms with van der Waals surface area (Å²) >= 11 is 1.97. The van der Waals surface area contributed by atoms with Crippen LogP contribution < -0.4 is 0 Å². The van der Waals surface area contributed by atoms with Crippen molar-refractivity contribution in [1.29, 1.82) is 0 Å². The van der Waals surface area contributed by atoms with Crippen LogP contribution in [-0.2, 0) is 13.1 Å². The van der Waals surface area contributed by atoms with Crippen LogP contribution in [0.3, 0.4) is 0 Å². The van der Waals surface area contributed by atoms with E-state index in [1.54, 1.807) is 0 Å². The lowest BCUT2D eigenvalue weighted by Gasteiger charge is -2.10. The van der Waals surface area contributed by atoms with E-state index in [4.69, 9.17) is 4.98 Å². The van der Waals surface area contributed by atoms with Gasteiger partial charge in [-0.05, 0) is 5.25 Å². The van der Waals surface area contributed by atoms with Crippen molar-refractivity contribution in [3.05, 3.63) is 61.7 Å². The van der Waals surface area contributed by atoms with E-state index >= 15 is 0 Å². The number of allylic oxidation sites excluding steroid dienone is 1. The molecule has 25 heavy (non-hydrogen) atoms. The Morgan fingerprint density at radius 3 is 2.72 bits per heavy atom. The molecule has 0 amide bonds. The number of aryl methyl sites for hydroxylation is 1. The first-order valence-electron chi connectivity index (χ1n) is 8.55. The van der Waals surface area contributed by atoms with Crippen molar-refractivity contribution in [3.8, 4) is 22.5 Å². The topological polar surface area (TPSA) is 35.6 Å². The van der Waals surface area contributed by atoms with Crippen LogP contribution in [0.4, 0.5) is 0 Å². The zero-order valence-corrected chi connectivity index (χ0v) is 15.6. The van der Waals surface area contributed by atoms with Gasteiger partial charge in [-0.25, -0.2) is 4.98 Å². The molecule has 3 aromatic rings. The zero-order chi connectivity index (χ0) is 17.6. The Labute approximate surface area is 153 Å². The first kappa shape index (κ1) is 17.5. The summed E-state index contributed by atoms with van der Waals surface area (Å²) < 4.78 is 4.14. The fourth-order valence-electron chi connectivity index (χ4n) is 2.77. The Balaban J connectivity index is 1.98. The van der Waals surface area contributed by atoms with Gasteiger partial charge in [-0.15, -0.1) is 6.58 Å². The van der Waals surface area contributed by atoms with Gasteiger partial charge >= 0.3 is 0 Å². The maximum absolute atomic E-state index is 4.71. The number of hydrogen-bond donors (Lipinski definition) is 0. The van der Waals surface area contributed by atoms with Crippen LogP contribution >= 0.6 is 11.8 Å². The van der Waals surface area contributed by atoms with E-state index < -0.39 is 0 Å². The third-order valence-corrected chi connectivity index (χ3v) is 4.98. The van der Waals surface area contributed by atoms with Gasteiger partial charge in [0.1, 0.15) is 0 Å². The Kier molecular flexibility index (Phi) is 5.76. The summed E-state index contributed by atoms with van der Waals surface area (Å²) in [7, 11) is 0. The molecule has 0 aliphatic carbocycles. The number of aromatic nitrogens is 4. The SMILES string of the molecule is C=CCn1cc(-c2c(-c3ccccc3)ncn2CCSC(C)C)cn1. The number of nitrogens with zero attached hydrogens (tertiary/aromatic N) is 4. The molecule has 0 unspecified atom stereocenters. The molecule has 0 saturated carbocycles. The van der Waals surface area contributed by atoms with Crippen molar-refractivity contribution in [2.45, 2.75) is 32.2 Å². The molecule has 0 fully saturated rings. The van der Waals surface area contributed by atoms with Crippen molar-refractivity contribution < 1.29 is 0 Å². The standard InChI is InChI=1S/C20H24N4S/c1-4-10-24-14-18(13-22-24)20-19(17-8-6-5-7-9-17)21-15-23(20)11-12-25-16(2)3/h4-9,13-16H,1,10-12H2,2-3H3. The summed E-state index contributed by atoms with van der Waals surface area (Å²) in [5, 5.41) is 5.08. The molecule has 5 heteroatoms. The molecule has 0 bridgehead atoms. The lowest BCUT2D eigenvalue weighted by molar-refractivity contribution is 0.703. The second kappa shape index (κ2) is 8.21. The second-order valence-corrected chi connectivity index (χ2v) is 7.84. The number of thioether (sulfide) groups is 1. The molecule has 130 valence electrons. The highest BCUT2D eigenvalue weighted by Crippen LogP contribution is 2.31. The highest BCUT2D eigenvalue weighted by molar-refractivity contribution is 7.99. The predicted octanol–water partition coefficient (Wildman–Crippen LogP) is 4.74. The van der Waals surface area contributed by atoms with E-state index in [1.165, 1.54) is 0 Å². The Morgan fingerprint density at radius 1 is 1.20 bits per heavy atom. The van der Waals surface area contributed by atoms with Crippen LogP contribution in [-0.4, -0.2) is 30.3 Å². The normalized spacial score (nSPS) is 11.2. The Bertz CT molecular complexity index is 817. The molecule has 1 aromatic carbocycles. The number of imidazole rings is 1. The van der Waals surface area contributed by atoms with Crippen molar-refractivity contribution in [3.63, 3.8) is 0 Å². The van der Waals surface area contributed by atoms with Crippen molar-refractivity contribution >= 4 is 11.8 Å². The summed E-state index contributed by atoms with van der Waals surface area (Å²) in [6.45, 7) is 9.89. The van der Waals surface area contributed by atoms with Gasteiger partial charge in [0.15, 0.2) is 0 Å². The monoisotopic (exact) mass is 352 g/mol. The third kappa shape index (κ3) is 4.23. The minimum Gasteiger partial charge on any atom is -0.329 e. The molecule has 0 atom stereocenters. The van der Waals surface area contributed by atoms with Crippen LogP contribution in [0, 0.1) is 0 Å². The number of benzene rings is 1. The van der Waals surface area contributed by atoms with Gasteiger partial charge in [0, 0.05) is 29.6 Å². The van der Waals surface area contributed by atoms with E-state index in [1.807, 2.05) is 53.2 Å². The van der Waals surface area contributed by atoms with Gasteiger partial charge < -0.3 is 4.57 Å². The van der Waals surface area contributed by atoms with Gasteiger partial charge in [-0.2, -0.15) is 16.9 Å². The molecular weight excluding hydrogens is 328 g/mol. The van der Waals surface area contributed by atoms with Gasteiger partial charge in [0.05, 0.1) is 30.5 Å². The maximum atomic E-state index is 4.71. The molecule has 0 aliphatic rings. The quantitative estimate of drug-likeness (QED) is 0.549. The summed E-state index contributed by atoms with van der Waals surface area (Å²) in [5.74, 6) is 1.07. The fourth-order valence-corrected chi connectivity index (χ4v) is 3.54. The Hall–Kier alpha value is -2.27. The molecule has 2 aromatic heterocycles. The van der Waals surface area contributed by atoms with Gasteiger partial charge in [0.25, 0.3) is 0 Å². The summed E-state index contributed by atoms with van der Waals surface area (Å²) in [4.78, 5) is 4.71. The third-order valence-electron chi connectivity index (χ3n) is 3.89. The summed E-state index contributed by atoms with van der Waals surface area (Å²) in [6, 6.07) is 10.3. The average Bonchev–Trinajstić information content (AvgIpc) is 3.22. The van der Waals surface area contributed by atoms with Crippen LogP contribution in [0.15, 0.2) is 61.7 Å². The van der Waals surface area contributed by atoms with E-state index in [0.29, 0.717) is 11.8 Å². The average molecular weight is 353 g/mol. The van der Waals surface area contributed by atoms with Crippen LogP contribution in [0.2, 0.25) is 0 Å².